The second-order valence-corrected chi connectivity index (χ2v) is 9.16. The van der Waals surface area contributed by atoms with Gasteiger partial charge in [0, 0.05) is 22.8 Å². The lowest BCUT2D eigenvalue weighted by Gasteiger charge is -2.14. The molecule has 0 aliphatic carbocycles. The van der Waals surface area contributed by atoms with E-state index in [1.54, 1.807) is 55.1 Å². The summed E-state index contributed by atoms with van der Waals surface area (Å²) in [5.41, 5.74) is 1.42. The molecule has 3 aromatic rings. The molecule has 0 heterocycles. The number of anilines is 1. The van der Waals surface area contributed by atoms with Crippen molar-refractivity contribution in [1.29, 1.82) is 0 Å². The summed E-state index contributed by atoms with van der Waals surface area (Å²) in [6.45, 7) is 2.24. The van der Waals surface area contributed by atoms with Gasteiger partial charge in [-0.3, -0.25) is 9.52 Å². The van der Waals surface area contributed by atoms with Gasteiger partial charge in [0.1, 0.15) is 0 Å². The molecule has 3 rings (SSSR count). The number of sulfonamides is 1. The van der Waals surface area contributed by atoms with Crippen molar-refractivity contribution < 1.29 is 13.2 Å². The molecule has 0 unspecified atom stereocenters. The Morgan fingerprint density at radius 1 is 0.897 bits per heavy atom. The average molecular weight is 427 g/mol. The van der Waals surface area contributed by atoms with E-state index in [0.29, 0.717) is 23.4 Å². The minimum atomic E-state index is -3.71. The largest absolute Gasteiger partial charge is 0.351 e. The monoisotopic (exact) mass is 426 g/mol. The Morgan fingerprint density at radius 2 is 1.55 bits per heavy atom. The zero-order valence-electron chi connectivity index (χ0n) is 16.0. The third-order valence-electron chi connectivity index (χ3n) is 4.28. The van der Waals surface area contributed by atoms with E-state index in [1.807, 2.05) is 30.3 Å². The van der Waals surface area contributed by atoms with Crippen LogP contribution in [0.3, 0.4) is 0 Å². The fraction of sp³-hybridized carbons (Fsp3) is 0.136. The smallest absolute Gasteiger partial charge is 0.261 e. The Hall–Kier alpha value is -2.77. The van der Waals surface area contributed by atoms with E-state index in [4.69, 9.17) is 0 Å². The summed E-state index contributed by atoms with van der Waals surface area (Å²) in [6, 6.07) is 23.1. The first kappa shape index (κ1) is 21.0. The Labute approximate surface area is 175 Å². The number of thioether (sulfide) groups is 1. The van der Waals surface area contributed by atoms with Crippen molar-refractivity contribution in [2.75, 3.05) is 17.0 Å². The third-order valence-corrected chi connectivity index (χ3v) is 6.67. The van der Waals surface area contributed by atoms with E-state index < -0.39 is 10.0 Å². The van der Waals surface area contributed by atoms with Gasteiger partial charge < -0.3 is 5.32 Å². The minimum Gasteiger partial charge on any atom is -0.351 e. The Kier molecular flexibility index (Phi) is 6.95. The molecule has 0 aliphatic rings. The van der Waals surface area contributed by atoms with E-state index >= 15 is 0 Å². The summed E-state index contributed by atoms with van der Waals surface area (Å²) in [5, 5.41) is 2.89. The van der Waals surface area contributed by atoms with Gasteiger partial charge in [0.25, 0.3) is 15.9 Å². The maximum absolute atomic E-state index is 12.6. The van der Waals surface area contributed by atoms with Gasteiger partial charge in [-0.2, -0.15) is 0 Å². The normalized spacial score (nSPS) is 11.1. The second-order valence-electron chi connectivity index (χ2n) is 6.31. The van der Waals surface area contributed by atoms with E-state index in [2.05, 4.69) is 10.0 Å². The van der Waals surface area contributed by atoms with Crippen molar-refractivity contribution in [3.8, 4) is 0 Å². The van der Waals surface area contributed by atoms with Gasteiger partial charge in [-0.25, -0.2) is 8.42 Å². The van der Waals surface area contributed by atoms with Crippen LogP contribution in [-0.2, 0) is 10.0 Å². The van der Waals surface area contributed by atoms with Crippen LogP contribution >= 0.6 is 11.8 Å². The Balaban J connectivity index is 1.64. The number of carbonyl (C=O) groups is 1. The molecular formula is C22H22N2O3S2. The van der Waals surface area contributed by atoms with Crippen LogP contribution in [0.4, 0.5) is 5.69 Å². The fourth-order valence-corrected chi connectivity index (χ4v) is 4.67. The van der Waals surface area contributed by atoms with E-state index in [0.717, 1.165) is 10.6 Å². The zero-order chi connectivity index (χ0) is 20.7. The van der Waals surface area contributed by atoms with Gasteiger partial charge in [-0.15, -0.1) is 11.8 Å². The second kappa shape index (κ2) is 9.62. The van der Waals surface area contributed by atoms with Crippen LogP contribution in [0, 0.1) is 6.92 Å². The number of benzene rings is 3. The van der Waals surface area contributed by atoms with Crippen molar-refractivity contribution in [2.45, 2.75) is 16.7 Å². The maximum atomic E-state index is 12.6. The molecule has 1 amide bonds. The molecule has 150 valence electrons. The van der Waals surface area contributed by atoms with Crippen molar-refractivity contribution >= 4 is 33.4 Å². The van der Waals surface area contributed by atoms with Crippen LogP contribution in [-0.4, -0.2) is 26.6 Å². The molecule has 0 aliphatic heterocycles. The van der Waals surface area contributed by atoms with Crippen molar-refractivity contribution in [3.05, 3.63) is 90.0 Å². The molecule has 5 nitrogen and oxygen atoms in total. The van der Waals surface area contributed by atoms with Gasteiger partial charge >= 0.3 is 0 Å². The highest BCUT2D eigenvalue weighted by Crippen LogP contribution is 2.23. The van der Waals surface area contributed by atoms with Crippen LogP contribution in [0.25, 0.3) is 0 Å². The minimum absolute atomic E-state index is 0.173. The van der Waals surface area contributed by atoms with Gasteiger partial charge in [0.05, 0.1) is 10.6 Å². The van der Waals surface area contributed by atoms with Crippen molar-refractivity contribution in [3.63, 3.8) is 0 Å². The molecule has 0 atom stereocenters. The van der Waals surface area contributed by atoms with Crippen molar-refractivity contribution in [1.82, 2.24) is 5.32 Å². The molecule has 3 aromatic carbocycles. The highest BCUT2D eigenvalue weighted by atomic mass is 32.2. The molecule has 0 aromatic heterocycles. The zero-order valence-corrected chi connectivity index (χ0v) is 17.6. The number of rotatable bonds is 8. The molecule has 0 saturated heterocycles. The van der Waals surface area contributed by atoms with Gasteiger partial charge in [-0.1, -0.05) is 42.5 Å². The summed E-state index contributed by atoms with van der Waals surface area (Å²) in [7, 11) is -3.71. The average Bonchev–Trinajstić information content (AvgIpc) is 2.74. The Morgan fingerprint density at radius 3 is 2.24 bits per heavy atom. The predicted molar refractivity (Wildman–Crippen MR) is 118 cm³/mol. The number of hydrogen-bond acceptors (Lipinski definition) is 4. The lowest BCUT2D eigenvalue weighted by atomic mass is 10.1. The summed E-state index contributed by atoms with van der Waals surface area (Å²) < 4.78 is 27.7. The van der Waals surface area contributed by atoms with Gasteiger partial charge in [-0.05, 0) is 48.9 Å². The maximum Gasteiger partial charge on any atom is 0.261 e. The Bertz CT molecular complexity index is 1070. The topological polar surface area (TPSA) is 75.3 Å². The lowest BCUT2D eigenvalue weighted by molar-refractivity contribution is 0.0955. The number of carbonyl (C=O) groups excluding carboxylic acids is 1. The summed E-state index contributed by atoms with van der Waals surface area (Å²) in [5.74, 6) is 0.520. The standard InChI is InChI=1S/C22H22N2O3S2/c1-17-20(22(25)23-15-16-28-18-9-4-2-5-10-18)13-8-14-21(17)24-29(26,27)19-11-6-3-7-12-19/h2-14,24H,15-16H2,1H3,(H,23,25). The predicted octanol–water partition coefficient (Wildman–Crippen LogP) is 4.32. The summed E-state index contributed by atoms with van der Waals surface area (Å²) in [6.07, 6.45) is 0. The quantitative estimate of drug-likeness (QED) is 0.416. The molecular weight excluding hydrogens is 404 g/mol. The van der Waals surface area contributed by atoms with Crippen LogP contribution < -0.4 is 10.0 Å². The van der Waals surface area contributed by atoms with E-state index in [1.165, 1.54) is 12.1 Å². The van der Waals surface area contributed by atoms with E-state index in [-0.39, 0.29) is 10.8 Å². The molecule has 0 radical (unpaired) electrons. The first-order chi connectivity index (χ1) is 14.0. The number of nitrogens with one attached hydrogen (secondary N) is 2. The highest BCUT2D eigenvalue weighted by Gasteiger charge is 2.17. The van der Waals surface area contributed by atoms with Crippen LogP contribution in [0.5, 0.6) is 0 Å². The molecule has 2 N–H and O–H groups in total. The third kappa shape index (κ3) is 5.62. The SMILES string of the molecule is Cc1c(NS(=O)(=O)c2ccccc2)cccc1C(=O)NCCSc1ccccc1. The lowest BCUT2D eigenvalue weighted by Crippen LogP contribution is -2.26. The van der Waals surface area contributed by atoms with Crippen LogP contribution in [0.1, 0.15) is 15.9 Å². The van der Waals surface area contributed by atoms with Crippen LogP contribution in [0.2, 0.25) is 0 Å². The number of hydrogen-bond donors (Lipinski definition) is 2. The van der Waals surface area contributed by atoms with Gasteiger partial charge in [0.2, 0.25) is 0 Å². The molecule has 0 fully saturated rings. The van der Waals surface area contributed by atoms with E-state index in [9.17, 15) is 13.2 Å². The summed E-state index contributed by atoms with van der Waals surface area (Å²) in [4.78, 5) is 13.9. The first-order valence-electron chi connectivity index (χ1n) is 9.11. The van der Waals surface area contributed by atoms with Crippen molar-refractivity contribution in [2.24, 2.45) is 0 Å². The first-order valence-corrected chi connectivity index (χ1v) is 11.6. The highest BCUT2D eigenvalue weighted by molar-refractivity contribution is 7.99. The molecule has 29 heavy (non-hydrogen) atoms. The molecule has 0 bridgehead atoms. The fourth-order valence-electron chi connectivity index (χ4n) is 2.74. The summed E-state index contributed by atoms with van der Waals surface area (Å²) >= 11 is 1.66. The molecule has 0 saturated carbocycles. The number of amides is 1. The molecule has 0 spiro atoms. The molecule has 7 heteroatoms. The van der Waals surface area contributed by atoms with Gasteiger partial charge in [0.15, 0.2) is 0 Å². The van der Waals surface area contributed by atoms with Crippen LogP contribution in [0.15, 0.2) is 88.7 Å².